The monoisotopic (exact) mass is 451 g/mol. The predicted octanol–water partition coefficient (Wildman–Crippen LogP) is 5.45. The van der Waals surface area contributed by atoms with E-state index in [4.69, 9.17) is 21.7 Å². The fourth-order valence-corrected chi connectivity index (χ4v) is 3.43. The van der Waals surface area contributed by atoms with Gasteiger partial charge < -0.3 is 10.2 Å². The SMILES string of the molecule is CC(C)(C)O.Cc1cc2nc(-n3ccnc3)ccc2c(-c2ccc(Cl)cc2)c1CC(=O)O. The molecule has 4 aromatic rings. The minimum atomic E-state index is -0.865. The number of nitrogens with zero attached hydrogens (tertiary/aromatic N) is 3. The minimum Gasteiger partial charge on any atom is -0.481 e. The van der Waals surface area contributed by atoms with E-state index in [1.807, 2.05) is 60.2 Å². The van der Waals surface area contributed by atoms with E-state index in [0.29, 0.717) is 5.02 Å². The maximum Gasteiger partial charge on any atom is 0.307 e. The number of aliphatic carboxylic acids is 1. The number of carboxylic acids is 1. The Labute approximate surface area is 192 Å². The zero-order valence-electron chi connectivity index (χ0n) is 18.5. The molecule has 0 aliphatic rings. The molecule has 0 saturated carbocycles. The Morgan fingerprint density at radius 2 is 1.78 bits per heavy atom. The van der Waals surface area contributed by atoms with Crippen LogP contribution >= 0.6 is 11.6 Å². The van der Waals surface area contributed by atoms with Crippen LogP contribution in [-0.2, 0) is 11.2 Å². The lowest BCUT2D eigenvalue weighted by Crippen LogP contribution is -2.10. The largest absolute Gasteiger partial charge is 0.481 e. The number of rotatable bonds is 4. The normalized spacial score (nSPS) is 11.2. The van der Waals surface area contributed by atoms with E-state index in [2.05, 4.69) is 4.98 Å². The van der Waals surface area contributed by atoms with Gasteiger partial charge in [-0.15, -0.1) is 0 Å². The summed E-state index contributed by atoms with van der Waals surface area (Å²) in [6.45, 7) is 7.15. The molecular formula is C25H26ClN3O3. The molecule has 2 aromatic heterocycles. The molecule has 0 aliphatic heterocycles. The Morgan fingerprint density at radius 3 is 2.34 bits per heavy atom. The summed E-state index contributed by atoms with van der Waals surface area (Å²) in [6.07, 6.45) is 5.18. The first-order valence-electron chi connectivity index (χ1n) is 10.1. The van der Waals surface area contributed by atoms with Crippen molar-refractivity contribution in [1.82, 2.24) is 14.5 Å². The zero-order valence-corrected chi connectivity index (χ0v) is 19.3. The quantitative estimate of drug-likeness (QED) is 0.430. The van der Waals surface area contributed by atoms with Gasteiger partial charge in [0.2, 0.25) is 0 Å². The first kappa shape index (κ1) is 23.4. The fraction of sp³-hybridized carbons (Fsp3) is 0.240. The van der Waals surface area contributed by atoms with Crippen LogP contribution in [0.1, 0.15) is 31.9 Å². The molecule has 6 nitrogen and oxygen atoms in total. The van der Waals surface area contributed by atoms with Crippen LogP contribution in [0.2, 0.25) is 5.02 Å². The third kappa shape index (κ3) is 5.93. The van der Waals surface area contributed by atoms with Gasteiger partial charge in [0.15, 0.2) is 0 Å². The maximum absolute atomic E-state index is 11.5. The molecule has 32 heavy (non-hydrogen) atoms. The first-order chi connectivity index (χ1) is 15.0. The van der Waals surface area contributed by atoms with Gasteiger partial charge in [-0.2, -0.15) is 0 Å². The van der Waals surface area contributed by atoms with Gasteiger partial charge in [0.05, 0.1) is 17.5 Å². The van der Waals surface area contributed by atoms with Crippen molar-refractivity contribution in [2.75, 3.05) is 0 Å². The second-order valence-corrected chi connectivity index (χ2v) is 8.94. The van der Waals surface area contributed by atoms with Gasteiger partial charge in [-0.05, 0) is 80.3 Å². The molecule has 4 rings (SSSR count). The summed E-state index contributed by atoms with van der Waals surface area (Å²) in [4.78, 5) is 20.3. The maximum atomic E-state index is 11.5. The molecule has 0 radical (unpaired) electrons. The van der Waals surface area contributed by atoms with Crippen molar-refractivity contribution in [3.63, 3.8) is 0 Å². The summed E-state index contributed by atoms with van der Waals surface area (Å²) in [5.41, 5.74) is 3.78. The first-order valence-corrected chi connectivity index (χ1v) is 10.5. The number of imidazole rings is 1. The van der Waals surface area contributed by atoms with E-state index in [1.54, 1.807) is 33.3 Å². The third-order valence-corrected chi connectivity index (χ3v) is 4.79. The molecule has 2 heterocycles. The van der Waals surface area contributed by atoms with Crippen molar-refractivity contribution in [3.05, 3.63) is 77.3 Å². The van der Waals surface area contributed by atoms with E-state index in [-0.39, 0.29) is 6.42 Å². The Balaban J connectivity index is 0.000000523. The summed E-state index contributed by atoms with van der Waals surface area (Å²) in [6, 6.07) is 13.3. The zero-order chi connectivity index (χ0) is 23.5. The summed E-state index contributed by atoms with van der Waals surface area (Å²) in [5, 5.41) is 19.5. The second kappa shape index (κ2) is 9.51. The fourth-order valence-electron chi connectivity index (χ4n) is 3.30. The molecule has 0 saturated heterocycles. The molecular weight excluding hydrogens is 426 g/mol. The average molecular weight is 452 g/mol. The Morgan fingerprint density at radius 1 is 1.12 bits per heavy atom. The Kier molecular flexibility index (Phi) is 6.96. The molecule has 0 bridgehead atoms. The van der Waals surface area contributed by atoms with Crippen LogP contribution in [-0.4, -0.2) is 36.3 Å². The van der Waals surface area contributed by atoms with E-state index >= 15 is 0 Å². The molecule has 0 aliphatic carbocycles. The molecule has 0 unspecified atom stereocenters. The van der Waals surface area contributed by atoms with E-state index < -0.39 is 11.6 Å². The number of aryl methyl sites for hydroxylation is 1. The average Bonchev–Trinajstić information content (AvgIpc) is 3.22. The lowest BCUT2D eigenvalue weighted by molar-refractivity contribution is -0.136. The van der Waals surface area contributed by atoms with Crippen molar-refractivity contribution in [2.24, 2.45) is 0 Å². The number of halogens is 1. The molecule has 0 spiro atoms. The lowest BCUT2D eigenvalue weighted by Gasteiger charge is -2.16. The van der Waals surface area contributed by atoms with E-state index in [9.17, 15) is 9.90 Å². The standard InChI is InChI=1S/C21H16ClN3O2.C4H10O/c1-13-10-18-16(6-7-19(24-18)25-9-8-23-12-25)21(17(13)11-20(26)27)14-2-4-15(22)5-3-14;1-4(2,3)5/h2-10,12H,11H2,1H3,(H,26,27);5H,1-3H3. The number of carboxylic acid groups (broad SMARTS) is 1. The predicted molar refractivity (Wildman–Crippen MR) is 127 cm³/mol. The molecule has 0 fully saturated rings. The van der Waals surface area contributed by atoms with E-state index in [0.717, 1.165) is 39.0 Å². The van der Waals surface area contributed by atoms with Crippen LogP contribution < -0.4 is 0 Å². The number of benzene rings is 2. The van der Waals surface area contributed by atoms with Gasteiger partial charge in [0.1, 0.15) is 12.1 Å². The third-order valence-electron chi connectivity index (χ3n) is 4.54. The van der Waals surface area contributed by atoms with Crippen molar-refractivity contribution in [1.29, 1.82) is 0 Å². The summed E-state index contributed by atoms with van der Waals surface area (Å²) in [7, 11) is 0. The van der Waals surface area contributed by atoms with Crippen molar-refractivity contribution >= 4 is 28.5 Å². The number of aliphatic hydroxyl groups is 1. The van der Waals surface area contributed by atoms with Crippen molar-refractivity contribution in [2.45, 2.75) is 39.7 Å². The smallest absolute Gasteiger partial charge is 0.307 e. The highest BCUT2D eigenvalue weighted by Crippen LogP contribution is 2.35. The Bertz CT molecular complexity index is 1220. The van der Waals surface area contributed by atoms with Gasteiger partial charge in [0.25, 0.3) is 0 Å². The van der Waals surface area contributed by atoms with Crippen LogP contribution in [0.4, 0.5) is 0 Å². The molecule has 2 aromatic carbocycles. The molecule has 2 N–H and O–H groups in total. The molecule has 7 heteroatoms. The Hall–Kier alpha value is -3.22. The molecule has 0 amide bonds. The highest BCUT2D eigenvalue weighted by atomic mass is 35.5. The van der Waals surface area contributed by atoms with Gasteiger partial charge in [-0.25, -0.2) is 9.97 Å². The summed E-state index contributed by atoms with van der Waals surface area (Å²) >= 11 is 6.04. The summed E-state index contributed by atoms with van der Waals surface area (Å²) in [5.74, 6) is -0.108. The van der Waals surface area contributed by atoms with Gasteiger partial charge in [-0.3, -0.25) is 9.36 Å². The number of hydrogen-bond acceptors (Lipinski definition) is 4. The lowest BCUT2D eigenvalue weighted by atomic mass is 9.90. The number of fused-ring (bicyclic) bond motifs is 1. The van der Waals surface area contributed by atoms with Crippen LogP contribution in [0.25, 0.3) is 27.8 Å². The number of aromatic nitrogens is 3. The van der Waals surface area contributed by atoms with Crippen LogP contribution in [0.15, 0.2) is 61.2 Å². The molecule has 0 atom stereocenters. The van der Waals surface area contributed by atoms with Gasteiger partial charge in [-0.1, -0.05) is 23.7 Å². The second-order valence-electron chi connectivity index (χ2n) is 8.50. The van der Waals surface area contributed by atoms with Gasteiger partial charge >= 0.3 is 5.97 Å². The number of pyridine rings is 1. The highest BCUT2D eigenvalue weighted by Gasteiger charge is 2.17. The van der Waals surface area contributed by atoms with E-state index in [1.165, 1.54) is 0 Å². The van der Waals surface area contributed by atoms with Gasteiger partial charge in [0, 0.05) is 22.8 Å². The summed E-state index contributed by atoms with van der Waals surface area (Å²) < 4.78 is 1.84. The van der Waals surface area contributed by atoms with Crippen LogP contribution in [0, 0.1) is 6.92 Å². The minimum absolute atomic E-state index is 0.0526. The highest BCUT2D eigenvalue weighted by molar-refractivity contribution is 6.30. The number of carbonyl (C=O) groups is 1. The molecule has 166 valence electrons. The topological polar surface area (TPSA) is 88.2 Å². The van der Waals surface area contributed by atoms with Crippen LogP contribution in [0.3, 0.4) is 0 Å². The van der Waals surface area contributed by atoms with Crippen molar-refractivity contribution < 1.29 is 15.0 Å². The number of hydrogen-bond donors (Lipinski definition) is 2. The van der Waals surface area contributed by atoms with Crippen molar-refractivity contribution in [3.8, 4) is 16.9 Å². The van der Waals surface area contributed by atoms with Crippen LogP contribution in [0.5, 0.6) is 0 Å².